The van der Waals surface area contributed by atoms with E-state index in [1.165, 1.54) is 5.56 Å². The Morgan fingerprint density at radius 1 is 1.19 bits per heavy atom. The standard InChI is InChI=1S/C13H15NO2/c1-10-6-8-11(9-7-10)12-4-2-3-5-13(12)14(15)16/h2-3,6-9,12-13H,4-5H2,1H3/t12-,13+/m1/s1. The summed E-state index contributed by atoms with van der Waals surface area (Å²) in [5, 5.41) is 11.0. The van der Waals surface area contributed by atoms with Crippen molar-refractivity contribution in [3.05, 3.63) is 57.7 Å². The minimum atomic E-state index is -0.465. The van der Waals surface area contributed by atoms with Gasteiger partial charge in [0.05, 0.1) is 5.92 Å². The smallest absolute Gasteiger partial charge is 0.223 e. The number of rotatable bonds is 2. The molecule has 0 heterocycles. The summed E-state index contributed by atoms with van der Waals surface area (Å²) in [6, 6.07) is 7.59. The lowest BCUT2D eigenvalue weighted by Gasteiger charge is -2.22. The van der Waals surface area contributed by atoms with Crippen molar-refractivity contribution in [1.29, 1.82) is 0 Å². The number of nitrogens with zero attached hydrogens (tertiary/aromatic N) is 1. The first kappa shape index (κ1) is 10.9. The van der Waals surface area contributed by atoms with Gasteiger partial charge in [-0.3, -0.25) is 10.1 Å². The predicted molar refractivity (Wildman–Crippen MR) is 63.1 cm³/mol. The molecule has 0 radical (unpaired) electrons. The lowest BCUT2D eigenvalue weighted by molar-refractivity contribution is -0.526. The highest BCUT2D eigenvalue weighted by atomic mass is 16.6. The first-order chi connectivity index (χ1) is 7.68. The summed E-state index contributed by atoms with van der Waals surface area (Å²) in [5.41, 5.74) is 2.27. The third-order valence-electron chi connectivity index (χ3n) is 3.18. The maximum Gasteiger partial charge on any atom is 0.223 e. The molecule has 0 spiro atoms. The van der Waals surface area contributed by atoms with E-state index in [9.17, 15) is 10.1 Å². The summed E-state index contributed by atoms with van der Waals surface area (Å²) in [4.78, 5) is 10.8. The van der Waals surface area contributed by atoms with Gasteiger partial charge in [0.2, 0.25) is 6.04 Å². The lowest BCUT2D eigenvalue weighted by atomic mass is 9.83. The zero-order chi connectivity index (χ0) is 11.5. The summed E-state index contributed by atoms with van der Waals surface area (Å²) >= 11 is 0. The number of nitro groups is 1. The summed E-state index contributed by atoms with van der Waals surface area (Å²) in [6.45, 7) is 2.02. The van der Waals surface area contributed by atoms with E-state index >= 15 is 0 Å². The van der Waals surface area contributed by atoms with E-state index in [1.807, 2.05) is 43.3 Å². The first-order valence-electron chi connectivity index (χ1n) is 5.53. The number of allylic oxidation sites excluding steroid dienone is 1. The minimum Gasteiger partial charge on any atom is -0.264 e. The average molecular weight is 217 g/mol. The molecule has 0 saturated carbocycles. The van der Waals surface area contributed by atoms with Gasteiger partial charge in [-0.05, 0) is 18.9 Å². The Hall–Kier alpha value is -1.64. The summed E-state index contributed by atoms with van der Waals surface area (Å²) < 4.78 is 0. The molecule has 1 aliphatic carbocycles. The van der Waals surface area contributed by atoms with Gasteiger partial charge in [-0.2, -0.15) is 0 Å². The topological polar surface area (TPSA) is 43.1 Å². The van der Waals surface area contributed by atoms with E-state index < -0.39 is 6.04 Å². The van der Waals surface area contributed by atoms with Gasteiger partial charge in [0.15, 0.2) is 0 Å². The molecule has 84 valence electrons. The van der Waals surface area contributed by atoms with Crippen LogP contribution in [0.5, 0.6) is 0 Å². The van der Waals surface area contributed by atoms with Crippen LogP contribution in [0.15, 0.2) is 36.4 Å². The van der Waals surface area contributed by atoms with Crippen LogP contribution in [-0.2, 0) is 0 Å². The maximum absolute atomic E-state index is 11.0. The van der Waals surface area contributed by atoms with Crippen LogP contribution in [0.4, 0.5) is 0 Å². The van der Waals surface area contributed by atoms with Gasteiger partial charge in [0.25, 0.3) is 0 Å². The second-order valence-corrected chi connectivity index (χ2v) is 4.31. The fourth-order valence-electron chi connectivity index (χ4n) is 2.20. The molecule has 2 rings (SSSR count). The van der Waals surface area contributed by atoms with Crippen molar-refractivity contribution in [1.82, 2.24) is 0 Å². The van der Waals surface area contributed by atoms with Crippen LogP contribution in [0.1, 0.15) is 29.9 Å². The van der Waals surface area contributed by atoms with E-state index in [-0.39, 0.29) is 10.8 Å². The molecule has 0 bridgehead atoms. The third-order valence-corrected chi connectivity index (χ3v) is 3.18. The van der Waals surface area contributed by atoms with Gasteiger partial charge in [0, 0.05) is 11.3 Å². The summed E-state index contributed by atoms with van der Waals surface area (Å²) in [5.74, 6) is 0.0283. The maximum atomic E-state index is 11.0. The molecule has 2 atom stereocenters. The molecule has 0 fully saturated rings. The van der Waals surface area contributed by atoms with Gasteiger partial charge in [-0.15, -0.1) is 0 Å². The zero-order valence-corrected chi connectivity index (χ0v) is 9.30. The van der Waals surface area contributed by atoms with Crippen LogP contribution in [-0.4, -0.2) is 11.0 Å². The van der Waals surface area contributed by atoms with Crippen LogP contribution in [0.25, 0.3) is 0 Å². The van der Waals surface area contributed by atoms with Crippen LogP contribution >= 0.6 is 0 Å². The normalized spacial score (nSPS) is 24.3. The van der Waals surface area contributed by atoms with E-state index in [0.29, 0.717) is 6.42 Å². The molecular formula is C13H15NO2. The van der Waals surface area contributed by atoms with E-state index in [4.69, 9.17) is 0 Å². The van der Waals surface area contributed by atoms with Gasteiger partial charge >= 0.3 is 0 Å². The highest BCUT2D eigenvalue weighted by Gasteiger charge is 2.32. The Morgan fingerprint density at radius 3 is 2.44 bits per heavy atom. The van der Waals surface area contributed by atoms with Gasteiger partial charge in [-0.1, -0.05) is 42.0 Å². The summed E-state index contributed by atoms with van der Waals surface area (Å²) in [6.07, 6.45) is 5.28. The van der Waals surface area contributed by atoms with E-state index in [0.717, 1.165) is 12.0 Å². The second-order valence-electron chi connectivity index (χ2n) is 4.31. The third kappa shape index (κ3) is 2.13. The Kier molecular flexibility index (Phi) is 3.04. The number of benzene rings is 1. The highest BCUT2D eigenvalue weighted by Crippen LogP contribution is 2.31. The van der Waals surface area contributed by atoms with Crippen molar-refractivity contribution in [3.8, 4) is 0 Å². The molecule has 1 aromatic rings. The van der Waals surface area contributed by atoms with E-state index in [1.54, 1.807) is 0 Å². The van der Waals surface area contributed by atoms with Gasteiger partial charge in [-0.25, -0.2) is 0 Å². The Bertz CT molecular complexity index is 408. The van der Waals surface area contributed by atoms with Crippen LogP contribution < -0.4 is 0 Å². The van der Waals surface area contributed by atoms with Crippen LogP contribution in [0.2, 0.25) is 0 Å². The van der Waals surface area contributed by atoms with Crippen molar-refractivity contribution in [2.75, 3.05) is 0 Å². The van der Waals surface area contributed by atoms with Crippen molar-refractivity contribution in [2.45, 2.75) is 31.7 Å². The lowest BCUT2D eigenvalue weighted by Crippen LogP contribution is -2.28. The average Bonchev–Trinajstić information content (AvgIpc) is 2.30. The Morgan fingerprint density at radius 2 is 1.81 bits per heavy atom. The van der Waals surface area contributed by atoms with E-state index in [2.05, 4.69) is 0 Å². The molecule has 0 saturated heterocycles. The number of hydrogen-bond donors (Lipinski definition) is 0. The molecule has 0 N–H and O–H groups in total. The van der Waals surface area contributed by atoms with Crippen LogP contribution in [0.3, 0.4) is 0 Å². The van der Waals surface area contributed by atoms with Crippen molar-refractivity contribution >= 4 is 0 Å². The Balaban J connectivity index is 2.27. The number of hydrogen-bond acceptors (Lipinski definition) is 2. The quantitative estimate of drug-likeness (QED) is 0.434. The molecule has 1 aliphatic rings. The number of aryl methyl sites for hydroxylation is 1. The monoisotopic (exact) mass is 217 g/mol. The molecule has 0 amide bonds. The molecule has 16 heavy (non-hydrogen) atoms. The highest BCUT2D eigenvalue weighted by molar-refractivity contribution is 5.27. The molecule has 3 nitrogen and oxygen atoms in total. The van der Waals surface area contributed by atoms with Gasteiger partial charge in [0.1, 0.15) is 0 Å². The van der Waals surface area contributed by atoms with Crippen molar-refractivity contribution in [3.63, 3.8) is 0 Å². The fraction of sp³-hybridized carbons (Fsp3) is 0.385. The largest absolute Gasteiger partial charge is 0.264 e. The second kappa shape index (κ2) is 4.47. The van der Waals surface area contributed by atoms with Crippen LogP contribution in [0, 0.1) is 17.0 Å². The molecule has 0 aliphatic heterocycles. The molecule has 3 heteroatoms. The SMILES string of the molecule is Cc1ccc([C@H]2CC=CC[C@@H]2[N+](=O)[O-])cc1. The van der Waals surface area contributed by atoms with Crippen molar-refractivity contribution in [2.24, 2.45) is 0 Å². The minimum absolute atomic E-state index is 0.0283. The zero-order valence-electron chi connectivity index (χ0n) is 9.30. The van der Waals surface area contributed by atoms with Crippen molar-refractivity contribution < 1.29 is 4.92 Å². The molecule has 0 aromatic heterocycles. The molecular weight excluding hydrogens is 202 g/mol. The molecule has 0 unspecified atom stereocenters. The summed E-state index contributed by atoms with van der Waals surface area (Å²) in [7, 11) is 0. The first-order valence-corrected chi connectivity index (χ1v) is 5.53. The fourth-order valence-corrected chi connectivity index (χ4v) is 2.20. The molecule has 1 aromatic carbocycles. The Labute approximate surface area is 94.9 Å². The predicted octanol–water partition coefficient (Wildman–Crippen LogP) is 3.07. The van der Waals surface area contributed by atoms with Gasteiger partial charge < -0.3 is 0 Å².